The minimum atomic E-state index is -2.26. The molecule has 0 unspecified atom stereocenters. The third kappa shape index (κ3) is 12.2. The fraction of sp³-hybridized carbons (Fsp3) is 0.750. The molecule has 0 aromatic carbocycles. The van der Waals surface area contributed by atoms with E-state index in [-0.39, 0.29) is 12.8 Å². The van der Waals surface area contributed by atoms with Crippen molar-refractivity contribution in [2.45, 2.75) is 78.1 Å². The van der Waals surface area contributed by atoms with Crippen LogP contribution in [0.25, 0.3) is 0 Å². The first-order valence-electron chi connectivity index (χ1n) is 8.25. The van der Waals surface area contributed by atoms with Crippen molar-refractivity contribution in [3.05, 3.63) is 0 Å². The van der Waals surface area contributed by atoms with Gasteiger partial charge in [-0.05, 0) is 0 Å². The molecule has 0 atom stereocenters. The molecule has 2 radical (unpaired) electrons. The van der Waals surface area contributed by atoms with Crippen LogP contribution in [0.15, 0.2) is 0 Å². The maximum atomic E-state index is 11.5. The van der Waals surface area contributed by atoms with Crippen molar-refractivity contribution in [2.75, 3.05) is 0 Å². The van der Waals surface area contributed by atoms with Gasteiger partial charge < -0.3 is 0 Å². The molecule has 130 valence electrons. The van der Waals surface area contributed by atoms with Crippen LogP contribution in [0.4, 0.5) is 0 Å². The van der Waals surface area contributed by atoms with Gasteiger partial charge in [-0.1, -0.05) is 0 Å². The molecule has 0 aromatic heterocycles. The van der Waals surface area contributed by atoms with Gasteiger partial charge in [-0.25, -0.2) is 0 Å². The van der Waals surface area contributed by atoms with Gasteiger partial charge >= 0.3 is 149 Å². The van der Waals surface area contributed by atoms with Crippen LogP contribution in [0.3, 0.4) is 0 Å². The van der Waals surface area contributed by atoms with Crippen LogP contribution in [-0.2, 0) is 25.3 Å². The van der Waals surface area contributed by atoms with Crippen molar-refractivity contribution < 1.29 is 25.3 Å². The molecule has 0 saturated carbocycles. The molecule has 0 bridgehead atoms. The van der Waals surface area contributed by atoms with Crippen LogP contribution in [0.1, 0.15) is 78.1 Å². The molecule has 6 nitrogen and oxygen atoms in total. The van der Waals surface area contributed by atoms with Crippen LogP contribution < -0.4 is 0 Å². The molecular formula is C16H26O6Sn. The Morgan fingerprint density at radius 1 is 0.652 bits per heavy atom. The fourth-order valence-electron chi connectivity index (χ4n) is 1.84. The number of ketones is 2. The van der Waals surface area contributed by atoms with Crippen molar-refractivity contribution in [2.24, 2.45) is 0 Å². The van der Waals surface area contributed by atoms with Crippen molar-refractivity contribution in [1.29, 1.82) is 0 Å². The second-order valence-corrected chi connectivity index (χ2v) is 6.97. The molecule has 7 heteroatoms. The summed E-state index contributed by atoms with van der Waals surface area (Å²) in [5.41, 5.74) is 0. The van der Waals surface area contributed by atoms with Crippen LogP contribution in [0.2, 0.25) is 0 Å². The zero-order valence-electron chi connectivity index (χ0n) is 14.0. The zero-order chi connectivity index (χ0) is 17.5. The summed E-state index contributed by atoms with van der Waals surface area (Å²) in [6, 6.07) is 0. The average molecular weight is 433 g/mol. The summed E-state index contributed by atoms with van der Waals surface area (Å²) >= 11 is -2.26. The zero-order valence-corrected chi connectivity index (χ0v) is 16.9. The Balaban J connectivity index is 3.78. The fourth-order valence-corrected chi connectivity index (χ4v) is 3.04. The normalized spacial score (nSPS) is 10.2. The van der Waals surface area contributed by atoms with E-state index in [0.717, 1.165) is 38.5 Å². The number of carbonyl (C=O) groups is 4. The van der Waals surface area contributed by atoms with E-state index >= 15 is 0 Å². The van der Waals surface area contributed by atoms with Gasteiger partial charge in [0, 0.05) is 0 Å². The first kappa shape index (κ1) is 22.1. The van der Waals surface area contributed by atoms with Gasteiger partial charge in [0.05, 0.1) is 0 Å². The Labute approximate surface area is 149 Å². The third-order valence-electron chi connectivity index (χ3n) is 3.24. The first-order chi connectivity index (χ1) is 11.0. The van der Waals surface area contributed by atoms with Crippen molar-refractivity contribution in [1.82, 2.24) is 0 Å². The maximum absolute atomic E-state index is 11.5. The van der Waals surface area contributed by atoms with Crippen LogP contribution in [-0.4, -0.2) is 45.5 Å². The van der Waals surface area contributed by atoms with Gasteiger partial charge in [0.25, 0.3) is 0 Å². The Hall–Kier alpha value is -0.921. The molecule has 0 heterocycles. The molecule has 0 aliphatic carbocycles. The Morgan fingerprint density at radius 2 is 1.04 bits per heavy atom. The number of Topliss-reactive ketones (excluding diaryl/α,β-unsaturated/α-hetero) is 2. The number of hydrogen-bond donors (Lipinski definition) is 0. The summed E-state index contributed by atoms with van der Waals surface area (Å²) in [6.45, 7) is 4.12. The third-order valence-corrected chi connectivity index (χ3v) is 4.77. The summed E-state index contributed by atoms with van der Waals surface area (Å²) < 4.78 is 9.42. The number of hydrogen-bond acceptors (Lipinski definition) is 6. The second-order valence-electron chi connectivity index (χ2n) is 5.33. The van der Waals surface area contributed by atoms with Gasteiger partial charge in [-0.15, -0.1) is 0 Å². The van der Waals surface area contributed by atoms with E-state index in [4.69, 9.17) is 6.15 Å². The quantitative estimate of drug-likeness (QED) is 0.238. The van der Waals surface area contributed by atoms with Gasteiger partial charge in [0.2, 0.25) is 0 Å². The van der Waals surface area contributed by atoms with Crippen molar-refractivity contribution in [3.8, 4) is 0 Å². The SMILES string of the molecule is CCCCCCC(=O)C(=O)[O][Sn][O]C(=O)C(=O)CCCCCC. The van der Waals surface area contributed by atoms with Gasteiger partial charge in [0.1, 0.15) is 0 Å². The van der Waals surface area contributed by atoms with E-state index in [9.17, 15) is 19.2 Å². The van der Waals surface area contributed by atoms with E-state index in [1.54, 1.807) is 0 Å². The van der Waals surface area contributed by atoms with Crippen molar-refractivity contribution >= 4 is 45.5 Å². The summed E-state index contributed by atoms with van der Waals surface area (Å²) in [5.74, 6) is -3.08. The molecular weight excluding hydrogens is 407 g/mol. The van der Waals surface area contributed by atoms with E-state index in [1.165, 1.54) is 0 Å². The van der Waals surface area contributed by atoms with Crippen LogP contribution >= 0.6 is 0 Å². The van der Waals surface area contributed by atoms with Crippen LogP contribution in [0.5, 0.6) is 0 Å². The molecule has 0 aliphatic heterocycles. The second kappa shape index (κ2) is 14.7. The predicted molar refractivity (Wildman–Crippen MR) is 85.5 cm³/mol. The Bertz CT molecular complexity index is 358. The molecule has 0 saturated heterocycles. The molecule has 0 rings (SSSR count). The van der Waals surface area contributed by atoms with Gasteiger partial charge in [-0.2, -0.15) is 0 Å². The predicted octanol–water partition coefficient (Wildman–Crippen LogP) is 2.69. The first-order valence-corrected chi connectivity index (χ1v) is 10.6. The Kier molecular flexibility index (Phi) is 14.1. The van der Waals surface area contributed by atoms with Gasteiger partial charge in [0.15, 0.2) is 0 Å². The van der Waals surface area contributed by atoms with E-state index in [0.29, 0.717) is 12.8 Å². The molecule has 0 aliphatic rings. The minimum absolute atomic E-state index is 0.155. The molecule has 0 spiro atoms. The summed E-state index contributed by atoms with van der Waals surface area (Å²) in [6.07, 6.45) is 7.57. The van der Waals surface area contributed by atoms with Crippen molar-refractivity contribution in [3.63, 3.8) is 0 Å². The number of unbranched alkanes of at least 4 members (excludes halogenated alkanes) is 6. The van der Waals surface area contributed by atoms with E-state index in [1.807, 2.05) is 0 Å². The Morgan fingerprint density at radius 3 is 1.39 bits per heavy atom. The average Bonchev–Trinajstić information content (AvgIpc) is 2.54. The molecule has 23 heavy (non-hydrogen) atoms. The molecule has 0 N–H and O–H groups in total. The summed E-state index contributed by atoms with van der Waals surface area (Å²) in [5, 5.41) is 0. The summed E-state index contributed by atoms with van der Waals surface area (Å²) in [7, 11) is 0. The van der Waals surface area contributed by atoms with E-state index < -0.39 is 45.5 Å². The van der Waals surface area contributed by atoms with Crippen LogP contribution in [0, 0.1) is 0 Å². The topological polar surface area (TPSA) is 86.7 Å². The monoisotopic (exact) mass is 434 g/mol. The molecule has 0 fully saturated rings. The molecule has 0 aromatic rings. The standard InChI is InChI=1S/2C8H14O3.Sn/c2*1-2-3-4-5-6-7(9)8(10)11;/h2*2-6H2,1H3,(H,10,11);/q;;+2/p-2. The molecule has 0 amide bonds. The number of carbonyl (C=O) groups excluding carboxylic acids is 4. The summed E-state index contributed by atoms with van der Waals surface area (Å²) in [4.78, 5) is 45.7. The van der Waals surface area contributed by atoms with Gasteiger partial charge in [-0.3, -0.25) is 0 Å². The van der Waals surface area contributed by atoms with E-state index in [2.05, 4.69) is 13.8 Å². The number of rotatable bonds is 14.